The number of pyridine rings is 1. The third kappa shape index (κ3) is 4.89. The molecule has 3 rings (SSSR count). The van der Waals surface area contributed by atoms with Crippen molar-refractivity contribution in [2.45, 2.75) is 38.2 Å². The van der Waals surface area contributed by atoms with E-state index >= 15 is 0 Å². The fourth-order valence-electron chi connectivity index (χ4n) is 3.21. The van der Waals surface area contributed by atoms with Gasteiger partial charge in [0.2, 0.25) is 10.0 Å². The summed E-state index contributed by atoms with van der Waals surface area (Å²) in [7, 11) is -3.83. The largest absolute Gasteiger partial charge is 0.449 e. The predicted molar refractivity (Wildman–Crippen MR) is 117 cm³/mol. The molecule has 1 amide bonds. The Morgan fingerprint density at radius 1 is 1.13 bits per heavy atom. The number of hydrogen-bond acceptors (Lipinski definition) is 6. The molecular formula is C22H23N3O5S. The zero-order valence-electron chi connectivity index (χ0n) is 17.4. The van der Waals surface area contributed by atoms with E-state index in [4.69, 9.17) is 9.88 Å². The minimum absolute atomic E-state index is 0.0725. The molecule has 162 valence electrons. The van der Waals surface area contributed by atoms with Gasteiger partial charge >= 0.3 is 5.97 Å². The number of primary sulfonamides is 1. The number of rotatable bonds is 6. The summed E-state index contributed by atoms with van der Waals surface area (Å²) in [4.78, 5) is 30.0. The molecule has 3 N–H and O–H groups in total. The van der Waals surface area contributed by atoms with Gasteiger partial charge in [-0.15, -0.1) is 0 Å². The van der Waals surface area contributed by atoms with Gasteiger partial charge in [0, 0.05) is 16.8 Å². The van der Waals surface area contributed by atoms with Crippen molar-refractivity contribution in [1.82, 2.24) is 4.98 Å². The molecule has 0 aliphatic rings. The van der Waals surface area contributed by atoms with Crippen LogP contribution in [-0.4, -0.2) is 31.4 Å². The van der Waals surface area contributed by atoms with Crippen LogP contribution in [0.25, 0.3) is 10.9 Å². The highest BCUT2D eigenvalue weighted by atomic mass is 32.2. The first-order valence-electron chi connectivity index (χ1n) is 9.64. The van der Waals surface area contributed by atoms with Crippen molar-refractivity contribution in [3.63, 3.8) is 0 Å². The summed E-state index contributed by atoms with van der Waals surface area (Å²) in [6.45, 7) is 5.23. The number of sulfonamides is 1. The lowest BCUT2D eigenvalue weighted by atomic mass is 10.0. The van der Waals surface area contributed by atoms with E-state index in [9.17, 15) is 18.0 Å². The van der Waals surface area contributed by atoms with Crippen LogP contribution >= 0.6 is 0 Å². The van der Waals surface area contributed by atoms with Gasteiger partial charge in [-0.05, 0) is 56.2 Å². The zero-order chi connectivity index (χ0) is 22.8. The molecule has 1 heterocycles. The second-order valence-electron chi connectivity index (χ2n) is 7.04. The van der Waals surface area contributed by atoms with Crippen molar-refractivity contribution in [1.29, 1.82) is 0 Å². The standard InChI is InChI=1S/C22H23N3O5S/c1-4-18-13(2)20(17-7-5-6-8-19(17)25-18)22(27)30-14(3)21(26)24-15-9-11-16(12-10-15)31(23,28)29/h5-12,14H,4H2,1-3H3,(H,24,26)(H2,23,28,29)/t14-/m1/s1. The number of para-hydroxylation sites is 1. The van der Waals surface area contributed by atoms with Crippen molar-refractivity contribution in [2.75, 3.05) is 5.32 Å². The summed E-state index contributed by atoms with van der Waals surface area (Å²) >= 11 is 0. The Hall–Kier alpha value is -3.30. The fraction of sp³-hybridized carbons (Fsp3) is 0.227. The van der Waals surface area contributed by atoms with Gasteiger partial charge < -0.3 is 10.1 Å². The molecule has 0 aliphatic carbocycles. The molecule has 0 bridgehead atoms. The van der Waals surface area contributed by atoms with Crippen LogP contribution in [-0.2, 0) is 26.0 Å². The number of nitrogens with one attached hydrogen (secondary N) is 1. The minimum Gasteiger partial charge on any atom is -0.449 e. The normalized spacial score (nSPS) is 12.4. The van der Waals surface area contributed by atoms with Gasteiger partial charge in [-0.1, -0.05) is 25.1 Å². The van der Waals surface area contributed by atoms with E-state index in [2.05, 4.69) is 10.3 Å². The Bertz CT molecular complexity index is 1250. The van der Waals surface area contributed by atoms with Crippen LogP contribution in [0.5, 0.6) is 0 Å². The molecular weight excluding hydrogens is 418 g/mol. The molecule has 2 aromatic carbocycles. The van der Waals surface area contributed by atoms with E-state index in [1.807, 2.05) is 32.0 Å². The van der Waals surface area contributed by atoms with Crippen LogP contribution in [0.1, 0.15) is 35.5 Å². The molecule has 0 unspecified atom stereocenters. The van der Waals surface area contributed by atoms with Gasteiger partial charge in [0.15, 0.2) is 6.10 Å². The quantitative estimate of drug-likeness (QED) is 0.566. The first kappa shape index (κ1) is 22.4. The number of ether oxygens (including phenoxy) is 1. The Morgan fingerprint density at radius 2 is 1.77 bits per heavy atom. The highest BCUT2D eigenvalue weighted by molar-refractivity contribution is 7.89. The predicted octanol–water partition coefficient (Wildman–Crippen LogP) is 2.94. The number of fused-ring (bicyclic) bond motifs is 1. The van der Waals surface area contributed by atoms with Crippen molar-refractivity contribution in [3.8, 4) is 0 Å². The van der Waals surface area contributed by atoms with Gasteiger partial charge in [-0.3, -0.25) is 9.78 Å². The monoisotopic (exact) mass is 441 g/mol. The molecule has 0 aliphatic heterocycles. The van der Waals surface area contributed by atoms with Crippen molar-refractivity contribution >= 4 is 38.5 Å². The molecule has 8 nitrogen and oxygen atoms in total. The lowest BCUT2D eigenvalue weighted by molar-refractivity contribution is -0.123. The fourth-order valence-corrected chi connectivity index (χ4v) is 3.73. The lowest BCUT2D eigenvalue weighted by Crippen LogP contribution is -2.30. The van der Waals surface area contributed by atoms with Gasteiger partial charge in [-0.25, -0.2) is 18.4 Å². The number of aromatic nitrogens is 1. The number of nitrogens with two attached hydrogens (primary N) is 1. The van der Waals surface area contributed by atoms with Gasteiger partial charge in [0.1, 0.15) is 0 Å². The molecule has 9 heteroatoms. The summed E-state index contributed by atoms with van der Waals surface area (Å²) in [5.74, 6) is -1.17. The molecule has 31 heavy (non-hydrogen) atoms. The average Bonchev–Trinajstić information content (AvgIpc) is 2.72. The zero-order valence-corrected chi connectivity index (χ0v) is 18.2. The van der Waals surface area contributed by atoms with Crippen molar-refractivity contribution < 1.29 is 22.7 Å². The number of amides is 1. The number of carbonyl (C=O) groups excluding carboxylic acids is 2. The molecule has 0 saturated heterocycles. The molecule has 0 saturated carbocycles. The van der Waals surface area contributed by atoms with Crippen LogP contribution in [0.4, 0.5) is 5.69 Å². The Morgan fingerprint density at radius 3 is 2.39 bits per heavy atom. The molecule has 0 spiro atoms. The highest BCUT2D eigenvalue weighted by Gasteiger charge is 2.23. The second-order valence-corrected chi connectivity index (χ2v) is 8.60. The summed E-state index contributed by atoms with van der Waals surface area (Å²) in [6, 6.07) is 12.6. The van der Waals surface area contributed by atoms with Gasteiger partial charge in [-0.2, -0.15) is 0 Å². The van der Waals surface area contributed by atoms with E-state index in [1.54, 1.807) is 6.07 Å². The lowest BCUT2D eigenvalue weighted by Gasteiger charge is -2.17. The number of hydrogen-bond donors (Lipinski definition) is 2. The maximum absolute atomic E-state index is 13.0. The van der Waals surface area contributed by atoms with Crippen LogP contribution in [0.15, 0.2) is 53.4 Å². The maximum Gasteiger partial charge on any atom is 0.339 e. The summed E-state index contributed by atoms with van der Waals surface area (Å²) in [6.07, 6.45) is -0.427. The van der Waals surface area contributed by atoms with E-state index in [1.165, 1.54) is 31.2 Å². The number of aryl methyl sites for hydroxylation is 1. The first-order valence-corrected chi connectivity index (χ1v) is 11.2. The van der Waals surface area contributed by atoms with Gasteiger partial charge in [0.25, 0.3) is 5.91 Å². The van der Waals surface area contributed by atoms with E-state index < -0.39 is 28.0 Å². The van der Waals surface area contributed by atoms with Crippen LogP contribution < -0.4 is 10.5 Å². The van der Waals surface area contributed by atoms with E-state index in [0.29, 0.717) is 28.6 Å². The Balaban J connectivity index is 1.79. The number of benzene rings is 2. The van der Waals surface area contributed by atoms with Crippen LogP contribution in [0.2, 0.25) is 0 Å². The maximum atomic E-state index is 13.0. The summed E-state index contributed by atoms with van der Waals surface area (Å²) in [5, 5.41) is 8.31. The van der Waals surface area contributed by atoms with Crippen LogP contribution in [0, 0.1) is 6.92 Å². The third-order valence-corrected chi connectivity index (χ3v) is 5.81. The number of nitrogens with zero attached hydrogens (tertiary/aromatic N) is 1. The minimum atomic E-state index is -3.83. The average molecular weight is 442 g/mol. The molecule has 3 aromatic rings. The SMILES string of the molecule is CCc1nc2ccccc2c(C(=O)O[C@H](C)C(=O)Nc2ccc(S(N)(=O)=O)cc2)c1C. The topological polar surface area (TPSA) is 128 Å². The number of esters is 1. The van der Waals surface area contributed by atoms with Crippen molar-refractivity contribution in [2.24, 2.45) is 5.14 Å². The smallest absolute Gasteiger partial charge is 0.339 e. The number of anilines is 1. The molecule has 0 fully saturated rings. The van der Waals surface area contributed by atoms with E-state index in [-0.39, 0.29) is 4.90 Å². The van der Waals surface area contributed by atoms with Crippen molar-refractivity contribution in [3.05, 3.63) is 65.4 Å². The van der Waals surface area contributed by atoms with Gasteiger partial charge in [0.05, 0.1) is 16.0 Å². The first-order chi connectivity index (χ1) is 14.6. The third-order valence-electron chi connectivity index (χ3n) is 4.88. The second kappa shape index (κ2) is 8.83. The molecule has 1 aromatic heterocycles. The highest BCUT2D eigenvalue weighted by Crippen LogP contribution is 2.25. The van der Waals surface area contributed by atoms with E-state index in [0.717, 1.165) is 11.3 Å². The summed E-state index contributed by atoms with van der Waals surface area (Å²) in [5.41, 5.74) is 2.93. The Kier molecular flexibility index (Phi) is 6.37. The molecule has 0 radical (unpaired) electrons. The molecule has 1 atom stereocenters. The Labute approximate surface area is 180 Å². The number of carbonyl (C=O) groups is 2. The van der Waals surface area contributed by atoms with Crippen LogP contribution in [0.3, 0.4) is 0 Å². The summed E-state index contributed by atoms with van der Waals surface area (Å²) < 4.78 is 28.1.